The molecule has 0 spiro atoms. The second-order valence-corrected chi connectivity index (χ2v) is 7.75. The fourth-order valence-corrected chi connectivity index (χ4v) is 3.67. The van der Waals surface area contributed by atoms with Crippen LogP contribution in [0, 0.1) is 5.82 Å². The fourth-order valence-electron chi connectivity index (χ4n) is 2.21. The van der Waals surface area contributed by atoms with Gasteiger partial charge in [-0.1, -0.05) is 47.0 Å². The van der Waals surface area contributed by atoms with E-state index in [1.54, 1.807) is 24.3 Å². The molecule has 0 unspecified atom stereocenters. The van der Waals surface area contributed by atoms with Crippen LogP contribution in [0.4, 0.5) is 4.39 Å². The topological polar surface area (TPSA) is 102 Å². The predicted octanol–water partition coefficient (Wildman–Crippen LogP) is 2.77. The maximum absolute atomic E-state index is 13.6. The van der Waals surface area contributed by atoms with Crippen LogP contribution in [-0.2, 0) is 22.1 Å². The first-order valence-electron chi connectivity index (χ1n) is 7.68. The van der Waals surface area contributed by atoms with Crippen molar-refractivity contribution in [3.8, 4) is 0 Å². The van der Waals surface area contributed by atoms with Crippen LogP contribution in [0.3, 0.4) is 0 Å². The van der Waals surface area contributed by atoms with Gasteiger partial charge in [0.15, 0.2) is 0 Å². The molecule has 0 fully saturated rings. The van der Waals surface area contributed by atoms with Crippen molar-refractivity contribution < 1.29 is 22.0 Å². The maximum Gasteiger partial charge on any atom is 0.335 e. The van der Waals surface area contributed by atoms with Crippen LogP contribution in [0.25, 0.3) is 0 Å². The van der Waals surface area contributed by atoms with Crippen molar-refractivity contribution in [2.45, 2.75) is 17.5 Å². The molecule has 10 heteroatoms. The third kappa shape index (κ3) is 4.50. The van der Waals surface area contributed by atoms with Crippen LogP contribution in [0.5, 0.6) is 0 Å². The summed E-state index contributed by atoms with van der Waals surface area (Å²) in [6.45, 7) is -0.248. The summed E-state index contributed by atoms with van der Waals surface area (Å²) >= 11 is 5.97. The monoisotopic (exact) mass is 409 g/mol. The molecule has 0 bridgehead atoms. The van der Waals surface area contributed by atoms with Crippen LogP contribution >= 0.6 is 11.6 Å². The Morgan fingerprint density at radius 2 is 1.81 bits per heavy atom. The molecule has 1 heterocycles. The highest BCUT2D eigenvalue weighted by atomic mass is 35.5. The second-order valence-electron chi connectivity index (χ2n) is 5.47. The number of halogens is 2. The number of hydrogen-bond donors (Lipinski definition) is 1. The molecule has 0 aliphatic heterocycles. The minimum Gasteiger partial charge on any atom is -0.411 e. The van der Waals surface area contributed by atoms with Gasteiger partial charge in [-0.25, -0.2) is 12.8 Å². The summed E-state index contributed by atoms with van der Waals surface area (Å²) in [5.41, 5.74) is 0.246. The average Bonchev–Trinajstić information content (AvgIpc) is 3.12. The van der Waals surface area contributed by atoms with Crippen LogP contribution in [0.1, 0.15) is 21.8 Å². The molecule has 0 aliphatic rings. The molecule has 27 heavy (non-hydrogen) atoms. The van der Waals surface area contributed by atoms with Gasteiger partial charge in [-0.3, -0.25) is 4.79 Å². The lowest BCUT2D eigenvalue weighted by Gasteiger charge is -2.03. The normalized spacial score (nSPS) is 11.3. The van der Waals surface area contributed by atoms with Gasteiger partial charge in [0.05, 0.1) is 17.9 Å². The van der Waals surface area contributed by atoms with E-state index in [2.05, 4.69) is 15.5 Å². The van der Waals surface area contributed by atoms with Gasteiger partial charge in [-0.15, -0.1) is 5.10 Å². The van der Waals surface area contributed by atoms with Gasteiger partial charge in [0.25, 0.3) is 5.91 Å². The van der Waals surface area contributed by atoms with E-state index < -0.39 is 32.5 Å². The quantitative estimate of drug-likeness (QED) is 0.671. The van der Waals surface area contributed by atoms with Crippen LogP contribution in [0.15, 0.2) is 58.2 Å². The smallest absolute Gasteiger partial charge is 0.335 e. The second kappa shape index (κ2) is 7.85. The molecular formula is C17H13ClFN3O4S. The van der Waals surface area contributed by atoms with Crippen LogP contribution in [0.2, 0.25) is 5.02 Å². The molecule has 1 N–H and O–H groups in total. The Labute approximate surface area is 159 Å². The molecule has 1 amide bonds. The minimum atomic E-state index is -3.91. The van der Waals surface area contributed by atoms with Crippen LogP contribution < -0.4 is 5.32 Å². The first-order valence-corrected chi connectivity index (χ1v) is 9.71. The van der Waals surface area contributed by atoms with Crippen molar-refractivity contribution in [2.24, 2.45) is 0 Å². The van der Waals surface area contributed by atoms with E-state index in [4.69, 9.17) is 16.0 Å². The molecule has 140 valence electrons. The lowest BCUT2D eigenvalue weighted by Crippen LogP contribution is -2.23. The van der Waals surface area contributed by atoms with E-state index >= 15 is 0 Å². The maximum atomic E-state index is 13.6. The Kier molecular flexibility index (Phi) is 5.52. The molecule has 0 aliphatic carbocycles. The fraction of sp³-hybridized carbons (Fsp3) is 0.118. The summed E-state index contributed by atoms with van der Waals surface area (Å²) in [6, 6.07) is 11.9. The molecule has 2 aromatic carbocycles. The molecule has 0 atom stereocenters. The van der Waals surface area contributed by atoms with Crippen molar-refractivity contribution in [2.75, 3.05) is 0 Å². The number of carbonyl (C=O) groups is 1. The zero-order valence-electron chi connectivity index (χ0n) is 13.7. The molecular weight excluding hydrogens is 397 g/mol. The van der Waals surface area contributed by atoms with Crippen molar-refractivity contribution in [3.63, 3.8) is 0 Å². The number of amides is 1. The number of sulfone groups is 1. The Hall–Kier alpha value is -2.78. The van der Waals surface area contributed by atoms with Crippen molar-refractivity contribution in [3.05, 3.63) is 76.4 Å². The molecule has 7 nitrogen and oxygen atoms in total. The van der Waals surface area contributed by atoms with E-state index in [1.165, 1.54) is 18.2 Å². The molecule has 3 rings (SSSR count). The predicted molar refractivity (Wildman–Crippen MR) is 94.2 cm³/mol. The SMILES string of the molecule is O=C(NCc1nnc(S(=O)(=O)Cc2ccccc2Cl)o1)c1ccccc1F. The number of nitrogens with one attached hydrogen (secondary N) is 1. The number of hydrogen-bond acceptors (Lipinski definition) is 6. The summed E-state index contributed by atoms with van der Waals surface area (Å²) in [7, 11) is -3.91. The van der Waals surface area contributed by atoms with Gasteiger partial charge in [0, 0.05) is 5.02 Å². The number of rotatable bonds is 6. The summed E-state index contributed by atoms with van der Waals surface area (Å²) in [5.74, 6) is -1.90. The van der Waals surface area contributed by atoms with Gasteiger partial charge in [-0.05, 0) is 23.8 Å². The van der Waals surface area contributed by atoms with Gasteiger partial charge >= 0.3 is 5.22 Å². The summed E-state index contributed by atoms with van der Waals surface area (Å²) in [4.78, 5) is 11.9. The summed E-state index contributed by atoms with van der Waals surface area (Å²) < 4.78 is 43.4. The van der Waals surface area contributed by atoms with Gasteiger partial charge in [0.2, 0.25) is 15.7 Å². The van der Waals surface area contributed by atoms with E-state index in [0.29, 0.717) is 10.6 Å². The Bertz CT molecular complexity index is 1090. The zero-order valence-corrected chi connectivity index (χ0v) is 15.3. The first kappa shape index (κ1) is 19.0. The number of nitrogens with zero attached hydrogens (tertiary/aromatic N) is 2. The highest BCUT2D eigenvalue weighted by Gasteiger charge is 2.24. The number of carbonyl (C=O) groups excluding carboxylic acids is 1. The molecule has 3 aromatic rings. The van der Waals surface area contributed by atoms with E-state index in [9.17, 15) is 17.6 Å². The third-order valence-electron chi connectivity index (χ3n) is 3.54. The Morgan fingerprint density at radius 3 is 2.56 bits per heavy atom. The highest BCUT2D eigenvalue weighted by molar-refractivity contribution is 7.90. The van der Waals surface area contributed by atoms with Gasteiger partial charge in [-0.2, -0.15) is 0 Å². The average molecular weight is 410 g/mol. The molecule has 0 radical (unpaired) electrons. The van der Waals surface area contributed by atoms with Crippen molar-refractivity contribution in [1.82, 2.24) is 15.5 Å². The first-order chi connectivity index (χ1) is 12.9. The summed E-state index contributed by atoms with van der Waals surface area (Å²) in [6.07, 6.45) is 0. The minimum absolute atomic E-state index is 0.127. The van der Waals surface area contributed by atoms with Gasteiger partial charge < -0.3 is 9.73 Å². The van der Waals surface area contributed by atoms with Crippen molar-refractivity contribution >= 4 is 27.3 Å². The number of aromatic nitrogens is 2. The van der Waals surface area contributed by atoms with E-state index in [0.717, 1.165) is 6.07 Å². The third-order valence-corrected chi connectivity index (χ3v) is 5.29. The largest absolute Gasteiger partial charge is 0.411 e. The lowest BCUT2D eigenvalue weighted by molar-refractivity contribution is 0.0942. The molecule has 1 aromatic heterocycles. The van der Waals surface area contributed by atoms with E-state index in [-0.39, 0.29) is 18.0 Å². The zero-order chi connectivity index (χ0) is 19.4. The van der Waals surface area contributed by atoms with Crippen molar-refractivity contribution in [1.29, 1.82) is 0 Å². The molecule has 0 saturated heterocycles. The Morgan fingerprint density at radius 1 is 1.11 bits per heavy atom. The summed E-state index contributed by atoms with van der Waals surface area (Å²) in [5, 5.41) is 9.21. The van der Waals surface area contributed by atoms with E-state index in [1.807, 2.05) is 0 Å². The number of benzene rings is 2. The standard InChI is InChI=1S/C17H13ClFN3O4S/c18-13-7-3-1-5-11(13)10-27(24,25)17-22-21-15(26-17)9-20-16(23)12-6-2-4-8-14(12)19/h1-8H,9-10H2,(H,20,23). The molecule has 0 saturated carbocycles. The van der Waals surface area contributed by atoms with Crippen LogP contribution in [-0.4, -0.2) is 24.5 Å². The van der Waals surface area contributed by atoms with Gasteiger partial charge in [0.1, 0.15) is 5.82 Å². The highest BCUT2D eigenvalue weighted by Crippen LogP contribution is 2.21. The lowest BCUT2D eigenvalue weighted by atomic mass is 10.2. The Balaban J connectivity index is 1.68.